The summed E-state index contributed by atoms with van der Waals surface area (Å²) in [5, 5.41) is 0. The van der Waals surface area contributed by atoms with Gasteiger partial charge < -0.3 is 32.9 Å². The monoisotopic (exact) mass is 383 g/mol. The van der Waals surface area contributed by atoms with Crippen LogP contribution in [0.25, 0.3) is 0 Å². The van der Waals surface area contributed by atoms with Crippen molar-refractivity contribution in [2.75, 3.05) is 0 Å². The summed E-state index contributed by atoms with van der Waals surface area (Å²) in [6, 6.07) is 0. The number of hydrogen-bond donors (Lipinski definition) is 0. The van der Waals surface area contributed by atoms with E-state index in [1.54, 1.807) is 0 Å². The minimum Gasteiger partial charge on any atom is -2.00 e. The van der Waals surface area contributed by atoms with E-state index >= 15 is 0 Å². The first-order chi connectivity index (χ1) is 0. The second kappa shape index (κ2) is 121. The van der Waals surface area contributed by atoms with Crippen LogP contribution >= 0.6 is 0 Å². The van der Waals surface area contributed by atoms with Gasteiger partial charge in [0.2, 0.25) is 0 Å². The van der Waals surface area contributed by atoms with Crippen molar-refractivity contribution in [1.29, 1.82) is 0 Å². The Labute approximate surface area is 107 Å². The third-order valence-corrected chi connectivity index (χ3v) is 0. The van der Waals surface area contributed by atoms with Crippen LogP contribution in [0, 0.1) is 76.4 Å². The summed E-state index contributed by atoms with van der Waals surface area (Å²) in [7, 11) is 0. The summed E-state index contributed by atoms with van der Waals surface area (Å²) in [4.78, 5) is 0. The molecule has 8 heteroatoms. The van der Waals surface area contributed by atoms with Crippen molar-refractivity contribution in [1.82, 2.24) is 0 Å². The predicted molar refractivity (Wildman–Crippen MR) is 12.9 cm³/mol. The Morgan fingerprint density at radius 2 is 0.500 bits per heavy atom. The first kappa shape index (κ1) is 168. The van der Waals surface area contributed by atoms with Crippen LogP contribution in [0.4, 0.5) is 0 Å². The third-order valence-electron chi connectivity index (χ3n) is 0. The molecule has 0 saturated carbocycles. The minimum absolute atomic E-state index is 0. The Hall–Kier alpha value is 2.31. The Morgan fingerprint density at radius 1 is 0.500 bits per heavy atom. The molecular weight excluding hydrogens is 379 g/mol. The molecule has 0 aromatic heterocycles. The topological polar surface area (TPSA) is 180 Å². The molecule has 6 N–H and O–H groups in total. The summed E-state index contributed by atoms with van der Waals surface area (Å²) >= 11 is 0. The first-order valence-corrected chi connectivity index (χ1v) is 0. The van der Waals surface area contributed by atoms with Gasteiger partial charge in [-0.25, -0.2) is 0 Å². The van der Waals surface area contributed by atoms with Crippen LogP contribution in [-0.4, -0.2) is 16.4 Å². The van der Waals surface area contributed by atoms with Crippen LogP contribution in [0.3, 0.4) is 0 Å². The van der Waals surface area contributed by atoms with E-state index in [0.717, 1.165) is 0 Å². The molecule has 0 rings (SSSR count). The fourth-order valence-electron chi connectivity index (χ4n) is 0. The Kier molecular flexibility index (Phi) is 2530. The molecule has 0 saturated heterocycles. The molecule has 0 aromatic carbocycles. The second-order valence-corrected chi connectivity index (χ2v) is 0. The minimum atomic E-state index is 0. The van der Waals surface area contributed by atoms with E-state index in [2.05, 4.69) is 0 Å². The molecule has 0 bridgehead atoms. The average molecular weight is 385 g/mol. The van der Waals surface area contributed by atoms with Gasteiger partial charge in [0.05, 0.1) is 0 Å². The number of hydrogen-bond acceptors (Lipinski definition) is 0. The van der Waals surface area contributed by atoms with Gasteiger partial charge in [-0.2, -0.15) is 0 Å². The zero-order chi connectivity index (χ0) is 0. The molecule has 0 aliphatic carbocycles. The van der Waals surface area contributed by atoms with Crippen molar-refractivity contribution in [2.24, 2.45) is 0 Å². The Morgan fingerprint density at radius 3 is 0.500 bits per heavy atom. The van der Waals surface area contributed by atoms with Crippen molar-refractivity contribution in [2.45, 2.75) is 0 Å². The van der Waals surface area contributed by atoms with Crippen LogP contribution in [0.1, 0.15) is 0 Å². The molecule has 6 nitrogen and oxygen atoms in total. The van der Waals surface area contributed by atoms with Gasteiger partial charge in [-0.1, -0.05) is 0 Å². The van der Waals surface area contributed by atoms with Gasteiger partial charge in [0.1, 0.15) is 0 Å². The fraction of sp³-hybridized carbons (Fsp3) is 0. The van der Waals surface area contributed by atoms with Crippen LogP contribution in [0.2, 0.25) is 0 Å². The molecule has 0 unspecified atom stereocenters. The molecule has 8 heavy (non-hydrogen) atoms. The molecule has 0 aliphatic heterocycles. The molecule has 0 heterocycles. The summed E-state index contributed by atoms with van der Waals surface area (Å²) < 4.78 is 0. The summed E-state index contributed by atoms with van der Waals surface area (Å²) in [6.07, 6.45) is 0. The van der Waals surface area contributed by atoms with Gasteiger partial charge in [-0.05, 0) is 0 Å². The maximum Gasteiger partial charge on any atom is 3.00 e. The predicted octanol–water partition coefficient (Wildman–Crippen LogP) is -2.83. The van der Waals surface area contributed by atoms with Crippen molar-refractivity contribution in [3.05, 3.63) is 0 Å². The molecule has 1 radical (unpaired) electrons. The standard InChI is InChI=1S/La.Nd.3H2O.3O/h;;3*1H2;;;/q2*+3;;;;3*-2. The SMILES string of the molecule is O.O.O.[La+3].[Nd+3].[O-2].[O-2].[O-2]. The van der Waals surface area contributed by atoms with Gasteiger partial charge in [-0.15, -0.1) is 0 Å². The van der Waals surface area contributed by atoms with Gasteiger partial charge in [-0.3, -0.25) is 0 Å². The summed E-state index contributed by atoms with van der Waals surface area (Å²) in [6.45, 7) is 0. The molecule has 49 valence electrons. The molecular formula is H6LaNdO6. The van der Waals surface area contributed by atoms with Crippen molar-refractivity contribution >= 4 is 0 Å². The van der Waals surface area contributed by atoms with Crippen LogP contribution in [0.5, 0.6) is 0 Å². The van der Waals surface area contributed by atoms with Crippen LogP contribution in [0.15, 0.2) is 0 Å². The van der Waals surface area contributed by atoms with Gasteiger partial charge in [0, 0.05) is 0 Å². The summed E-state index contributed by atoms with van der Waals surface area (Å²) in [5.74, 6) is 0. The summed E-state index contributed by atoms with van der Waals surface area (Å²) in [5.41, 5.74) is 0. The Bertz CT molecular complexity index is 8.49. The quantitative estimate of drug-likeness (QED) is 0.417. The van der Waals surface area contributed by atoms with Crippen LogP contribution < -0.4 is 0 Å². The molecule has 0 atom stereocenters. The number of rotatable bonds is 0. The average Bonchev–Trinajstić information content (AvgIpc) is 0. The molecule has 0 fully saturated rings. The Balaban J connectivity index is 0. The molecule has 0 aromatic rings. The van der Waals surface area contributed by atoms with Crippen LogP contribution in [-0.2, 0) is 16.4 Å². The third kappa shape index (κ3) is 83.4. The molecule has 0 aliphatic rings. The van der Waals surface area contributed by atoms with E-state index in [4.69, 9.17) is 0 Å². The zero-order valence-corrected chi connectivity index (χ0v) is 10.6. The fourth-order valence-corrected chi connectivity index (χ4v) is 0. The van der Waals surface area contributed by atoms with Gasteiger partial charge in [0.25, 0.3) is 0 Å². The van der Waals surface area contributed by atoms with E-state index in [-0.39, 0.29) is 109 Å². The van der Waals surface area contributed by atoms with Crippen molar-refractivity contribution < 1.29 is 109 Å². The zero-order valence-electron chi connectivity index (χ0n) is 3.80. The smallest absolute Gasteiger partial charge is 2.00 e. The maximum atomic E-state index is 0. The van der Waals surface area contributed by atoms with E-state index < -0.39 is 0 Å². The van der Waals surface area contributed by atoms with Gasteiger partial charge in [0.15, 0.2) is 0 Å². The first-order valence-electron chi connectivity index (χ1n) is 0. The van der Waals surface area contributed by atoms with E-state index in [0.29, 0.717) is 0 Å². The van der Waals surface area contributed by atoms with E-state index in [9.17, 15) is 0 Å². The van der Waals surface area contributed by atoms with Crippen molar-refractivity contribution in [3.63, 3.8) is 0 Å². The molecule has 0 amide bonds. The molecule has 0 spiro atoms. The van der Waals surface area contributed by atoms with E-state index in [1.165, 1.54) is 0 Å². The normalized spacial score (nSPS) is 0. The maximum absolute atomic E-state index is 0. The van der Waals surface area contributed by atoms with Crippen molar-refractivity contribution in [3.8, 4) is 0 Å². The second-order valence-electron chi connectivity index (χ2n) is 0. The largest absolute Gasteiger partial charge is 3.00 e. The van der Waals surface area contributed by atoms with E-state index in [1.807, 2.05) is 0 Å². The van der Waals surface area contributed by atoms with Gasteiger partial charge >= 0.3 is 76.4 Å².